The first-order valence-corrected chi connectivity index (χ1v) is 6.57. The topological polar surface area (TPSA) is 67.8 Å². The van der Waals surface area contributed by atoms with Crippen LogP contribution < -0.4 is 5.73 Å². The molecule has 0 spiro atoms. The summed E-state index contributed by atoms with van der Waals surface area (Å²) in [6, 6.07) is 11.9. The van der Waals surface area contributed by atoms with E-state index in [4.69, 9.17) is 27.3 Å². The highest BCUT2D eigenvalue weighted by atomic mass is 35.5. The highest BCUT2D eigenvalue weighted by molar-refractivity contribution is 6.30. The highest BCUT2D eigenvalue weighted by Crippen LogP contribution is 2.15. The Kier molecular flexibility index (Phi) is 5.14. The molecular formula is C15H14ClFN2O2. The number of benzene rings is 2. The zero-order valence-electron chi connectivity index (χ0n) is 11.1. The fourth-order valence-corrected chi connectivity index (χ4v) is 1.93. The predicted molar refractivity (Wildman–Crippen MR) is 78.9 cm³/mol. The number of oxime groups is 1. The number of nitrogens with two attached hydrogens (primary N) is 1. The lowest BCUT2D eigenvalue weighted by Gasteiger charge is -2.08. The Balaban J connectivity index is 2.02. The zero-order valence-corrected chi connectivity index (χ0v) is 11.8. The maximum absolute atomic E-state index is 14.1. The monoisotopic (exact) mass is 308 g/mol. The molecule has 0 unspecified atom stereocenters. The summed E-state index contributed by atoms with van der Waals surface area (Å²) in [5.74, 6) is -0.823. The van der Waals surface area contributed by atoms with Gasteiger partial charge in [0.05, 0.1) is 18.8 Å². The van der Waals surface area contributed by atoms with E-state index >= 15 is 0 Å². The molecule has 4 nitrogen and oxygen atoms in total. The number of halogens is 2. The summed E-state index contributed by atoms with van der Waals surface area (Å²) in [5, 5.41) is 12.1. The van der Waals surface area contributed by atoms with Gasteiger partial charge < -0.3 is 15.7 Å². The van der Waals surface area contributed by atoms with Crippen molar-refractivity contribution in [2.24, 2.45) is 10.9 Å². The van der Waals surface area contributed by atoms with Gasteiger partial charge in [0, 0.05) is 10.6 Å². The van der Waals surface area contributed by atoms with E-state index in [-0.39, 0.29) is 18.0 Å². The van der Waals surface area contributed by atoms with Gasteiger partial charge >= 0.3 is 0 Å². The van der Waals surface area contributed by atoms with Crippen LogP contribution in [0.4, 0.5) is 4.39 Å². The predicted octanol–water partition coefficient (Wildman–Crippen LogP) is 3.29. The number of ether oxygens (including phenoxy) is 1. The lowest BCUT2D eigenvalue weighted by atomic mass is 10.1. The molecule has 2 rings (SSSR count). The number of hydrogen-bond acceptors (Lipinski definition) is 3. The molecule has 3 N–H and O–H groups in total. The molecule has 0 bridgehead atoms. The molecular weight excluding hydrogens is 295 g/mol. The van der Waals surface area contributed by atoms with Crippen molar-refractivity contribution in [1.29, 1.82) is 0 Å². The van der Waals surface area contributed by atoms with Crippen molar-refractivity contribution in [1.82, 2.24) is 0 Å². The fourth-order valence-electron chi connectivity index (χ4n) is 1.80. The van der Waals surface area contributed by atoms with Crippen molar-refractivity contribution in [2.45, 2.75) is 13.2 Å². The SMILES string of the molecule is N/C(=N/O)c1cccc(COCc2ccc(Cl)cc2)c1F. The van der Waals surface area contributed by atoms with Gasteiger partial charge in [-0.2, -0.15) is 0 Å². The smallest absolute Gasteiger partial charge is 0.173 e. The molecule has 0 aromatic heterocycles. The van der Waals surface area contributed by atoms with Gasteiger partial charge in [-0.1, -0.05) is 41.0 Å². The molecule has 2 aromatic rings. The van der Waals surface area contributed by atoms with Gasteiger partial charge in [0.25, 0.3) is 0 Å². The molecule has 0 saturated carbocycles. The van der Waals surface area contributed by atoms with Crippen LogP contribution in [0.3, 0.4) is 0 Å². The molecule has 0 radical (unpaired) electrons. The highest BCUT2D eigenvalue weighted by Gasteiger charge is 2.11. The van der Waals surface area contributed by atoms with Gasteiger partial charge in [0.2, 0.25) is 0 Å². The van der Waals surface area contributed by atoms with Crippen LogP contribution in [0.5, 0.6) is 0 Å². The molecule has 110 valence electrons. The van der Waals surface area contributed by atoms with Crippen LogP contribution >= 0.6 is 11.6 Å². The van der Waals surface area contributed by atoms with Gasteiger partial charge in [-0.05, 0) is 23.8 Å². The van der Waals surface area contributed by atoms with Crippen molar-refractivity contribution in [3.05, 3.63) is 70.0 Å². The minimum Gasteiger partial charge on any atom is -0.409 e. The summed E-state index contributed by atoms with van der Waals surface area (Å²) in [4.78, 5) is 0. The zero-order chi connectivity index (χ0) is 15.2. The minimum atomic E-state index is -0.552. The lowest BCUT2D eigenvalue weighted by molar-refractivity contribution is 0.105. The molecule has 0 saturated heterocycles. The summed E-state index contributed by atoms with van der Waals surface area (Å²) < 4.78 is 19.6. The van der Waals surface area contributed by atoms with Gasteiger partial charge in [-0.25, -0.2) is 4.39 Å². The van der Waals surface area contributed by atoms with Crippen LogP contribution in [0.15, 0.2) is 47.6 Å². The van der Waals surface area contributed by atoms with Gasteiger partial charge in [-0.15, -0.1) is 0 Å². The molecule has 0 amide bonds. The van der Waals surface area contributed by atoms with Crippen LogP contribution in [0.2, 0.25) is 5.02 Å². The number of amidine groups is 1. The molecule has 6 heteroatoms. The summed E-state index contributed by atoms with van der Waals surface area (Å²) in [7, 11) is 0. The summed E-state index contributed by atoms with van der Waals surface area (Å²) in [6.07, 6.45) is 0. The largest absolute Gasteiger partial charge is 0.409 e. The molecule has 0 fully saturated rings. The number of hydrogen-bond donors (Lipinski definition) is 2. The molecule has 21 heavy (non-hydrogen) atoms. The Bertz CT molecular complexity index is 645. The Hall–Kier alpha value is -2.11. The Morgan fingerprint density at radius 3 is 2.57 bits per heavy atom. The van der Waals surface area contributed by atoms with Crippen molar-refractivity contribution >= 4 is 17.4 Å². The summed E-state index contributed by atoms with van der Waals surface area (Å²) in [6.45, 7) is 0.422. The molecule has 0 atom stereocenters. The summed E-state index contributed by atoms with van der Waals surface area (Å²) in [5.41, 5.74) is 6.73. The molecule has 0 aliphatic carbocycles. The average molecular weight is 309 g/mol. The minimum absolute atomic E-state index is 0.0464. The second-order valence-electron chi connectivity index (χ2n) is 4.38. The second-order valence-corrected chi connectivity index (χ2v) is 4.82. The van der Waals surface area contributed by atoms with Crippen molar-refractivity contribution < 1.29 is 14.3 Å². The van der Waals surface area contributed by atoms with Crippen LogP contribution in [-0.2, 0) is 18.0 Å². The second kappa shape index (κ2) is 7.06. The van der Waals surface area contributed by atoms with Crippen LogP contribution in [-0.4, -0.2) is 11.0 Å². The molecule has 0 aliphatic heterocycles. The van der Waals surface area contributed by atoms with Crippen LogP contribution in [0.1, 0.15) is 16.7 Å². The van der Waals surface area contributed by atoms with Crippen molar-refractivity contribution in [3.8, 4) is 0 Å². The van der Waals surface area contributed by atoms with Crippen molar-refractivity contribution in [3.63, 3.8) is 0 Å². The van der Waals surface area contributed by atoms with E-state index < -0.39 is 5.82 Å². The average Bonchev–Trinajstić information content (AvgIpc) is 2.50. The molecule has 2 aromatic carbocycles. The van der Waals surface area contributed by atoms with E-state index in [2.05, 4.69) is 5.16 Å². The first kappa shape index (κ1) is 15.3. The van der Waals surface area contributed by atoms with Gasteiger partial charge in [0.1, 0.15) is 5.82 Å². The number of nitrogens with zero attached hydrogens (tertiary/aromatic N) is 1. The van der Waals surface area contributed by atoms with E-state index in [0.717, 1.165) is 5.56 Å². The molecule has 0 heterocycles. The van der Waals surface area contributed by atoms with Crippen molar-refractivity contribution in [2.75, 3.05) is 0 Å². The standard InChI is InChI=1S/C15H14ClFN2O2/c16-12-6-4-10(5-7-12)8-21-9-11-2-1-3-13(14(11)17)15(18)19-20/h1-7,20H,8-9H2,(H2,18,19). The Morgan fingerprint density at radius 2 is 1.90 bits per heavy atom. The van der Waals surface area contributed by atoms with E-state index in [1.807, 2.05) is 12.1 Å². The van der Waals surface area contributed by atoms with E-state index in [9.17, 15) is 4.39 Å². The van der Waals surface area contributed by atoms with Gasteiger partial charge in [0.15, 0.2) is 5.84 Å². The third-order valence-corrected chi connectivity index (χ3v) is 3.15. The Morgan fingerprint density at radius 1 is 1.19 bits per heavy atom. The van der Waals surface area contributed by atoms with Gasteiger partial charge in [-0.3, -0.25) is 0 Å². The maximum Gasteiger partial charge on any atom is 0.173 e. The first-order valence-electron chi connectivity index (χ1n) is 6.19. The van der Waals surface area contributed by atoms with Crippen LogP contribution in [0, 0.1) is 5.82 Å². The van der Waals surface area contributed by atoms with E-state index in [1.54, 1.807) is 24.3 Å². The number of rotatable bonds is 5. The quantitative estimate of drug-likeness (QED) is 0.385. The van der Waals surface area contributed by atoms with Crippen LogP contribution in [0.25, 0.3) is 0 Å². The summed E-state index contributed by atoms with van der Waals surface area (Å²) >= 11 is 5.79. The third kappa shape index (κ3) is 3.93. The lowest BCUT2D eigenvalue weighted by Crippen LogP contribution is -2.16. The fraction of sp³-hybridized carbons (Fsp3) is 0.133. The Labute approximate surface area is 126 Å². The maximum atomic E-state index is 14.1. The van der Waals surface area contributed by atoms with E-state index in [1.165, 1.54) is 6.07 Å². The first-order chi connectivity index (χ1) is 10.1. The third-order valence-electron chi connectivity index (χ3n) is 2.90. The normalized spacial score (nSPS) is 11.6. The molecule has 0 aliphatic rings. The van der Waals surface area contributed by atoms with E-state index in [0.29, 0.717) is 17.2 Å².